The van der Waals surface area contributed by atoms with Crippen molar-refractivity contribution in [3.63, 3.8) is 0 Å². The fourth-order valence-corrected chi connectivity index (χ4v) is 3.92. The van der Waals surface area contributed by atoms with Gasteiger partial charge in [-0.1, -0.05) is 13.8 Å². The number of hydrogen-bond acceptors (Lipinski definition) is 6. The Morgan fingerprint density at radius 1 is 0.750 bits per heavy atom. The van der Waals surface area contributed by atoms with Gasteiger partial charge in [0.25, 0.3) is 0 Å². The summed E-state index contributed by atoms with van der Waals surface area (Å²) in [5, 5.41) is 18.3. The summed E-state index contributed by atoms with van der Waals surface area (Å²) in [6.45, 7) is 18.5. The van der Waals surface area contributed by atoms with E-state index >= 15 is 0 Å². The molecule has 8 heteroatoms. The molecule has 32 heavy (non-hydrogen) atoms. The third-order valence-electron chi connectivity index (χ3n) is 5.94. The van der Waals surface area contributed by atoms with Gasteiger partial charge in [-0.25, -0.2) is 9.59 Å². The van der Waals surface area contributed by atoms with Crippen LogP contribution in [0.4, 0.5) is 9.59 Å². The van der Waals surface area contributed by atoms with Crippen LogP contribution in [0.3, 0.4) is 0 Å². The highest BCUT2D eigenvalue weighted by Crippen LogP contribution is 2.25. The van der Waals surface area contributed by atoms with Gasteiger partial charge in [0.1, 0.15) is 11.2 Å². The molecule has 4 atom stereocenters. The molecule has 0 unspecified atom stereocenters. The van der Waals surface area contributed by atoms with Crippen LogP contribution in [0.25, 0.3) is 0 Å². The zero-order chi connectivity index (χ0) is 24.7. The number of piperidine rings is 2. The second-order valence-electron chi connectivity index (χ2n) is 11.3. The Kier molecular flexibility index (Phi) is 10.7. The van der Waals surface area contributed by atoms with Gasteiger partial charge in [-0.15, -0.1) is 0 Å². The van der Waals surface area contributed by atoms with Crippen molar-refractivity contribution in [1.29, 1.82) is 0 Å². The molecule has 2 aliphatic rings. The lowest BCUT2D eigenvalue weighted by molar-refractivity contribution is 0.00626. The first kappa shape index (κ1) is 28.5. The highest BCUT2D eigenvalue weighted by atomic mass is 16.6. The van der Waals surface area contributed by atoms with Crippen molar-refractivity contribution in [1.82, 2.24) is 9.80 Å². The summed E-state index contributed by atoms with van der Waals surface area (Å²) in [4.78, 5) is 27.1. The number of nitrogens with zero attached hydrogens (tertiary/aromatic N) is 2. The molecule has 8 nitrogen and oxygen atoms in total. The Morgan fingerprint density at radius 3 is 1.28 bits per heavy atom. The molecule has 2 saturated heterocycles. The number of likely N-dealkylation sites (tertiary alicyclic amines) is 2. The van der Waals surface area contributed by atoms with Crippen molar-refractivity contribution >= 4 is 12.2 Å². The lowest BCUT2D eigenvalue weighted by atomic mass is 9.88. The van der Waals surface area contributed by atoms with Gasteiger partial charge >= 0.3 is 12.2 Å². The maximum Gasteiger partial charge on any atom is 0.410 e. The van der Waals surface area contributed by atoms with Crippen LogP contribution in [0, 0.1) is 23.7 Å². The molecule has 188 valence electrons. The predicted octanol–water partition coefficient (Wildman–Crippen LogP) is 3.74. The molecule has 0 aromatic heterocycles. The summed E-state index contributed by atoms with van der Waals surface area (Å²) < 4.78 is 10.6. The van der Waals surface area contributed by atoms with Gasteiger partial charge in [-0.3, -0.25) is 0 Å². The smallest absolute Gasteiger partial charge is 0.410 e. The molecule has 2 fully saturated rings. The van der Waals surface area contributed by atoms with Crippen LogP contribution in [-0.4, -0.2) is 82.8 Å². The van der Waals surface area contributed by atoms with Crippen molar-refractivity contribution in [3.05, 3.63) is 0 Å². The number of rotatable bonds is 2. The largest absolute Gasteiger partial charge is 0.444 e. The van der Waals surface area contributed by atoms with E-state index < -0.39 is 11.2 Å². The monoisotopic (exact) mass is 458 g/mol. The summed E-state index contributed by atoms with van der Waals surface area (Å²) in [6, 6.07) is 0. The Bertz CT molecular complexity index is 546. The molecule has 0 spiro atoms. The SMILES string of the molecule is C[C@@H]1CN(C(=O)OC(C)(C)C)CC[C@H]1CO.C[C@H]1CN(C(=O)OC(C)(C)C)CC[C@@H]1CO. The number of hydrogen-bond donors (Lipinski definition) is 2. The molecule has 0 aromatic carbocycles. The van der Waals surface area contributed by atoms with Crippen LogP contribution in [0.15, 0.2) is 0 Å². The lowest BCUT2D eigenvalue weighted by Crippen LogP contribution is -2.45. The van der Waals surface area contributed by atoms with E-state index in [1.807, 2.05) is 41.5 Å². The molecular weight excluding hydrogens is 412 g/mol. The van der Waals surface area contributed by atoms with Gasteiger partial charge in [0.15, 0.2) is 0 Å². The number of carbonyl (C=O) groups is 2. The van der Waals surface area contributed by atoms with E-state index in [2.05, 4.69) is 13.8 Å². The second-order valence-corrected chi connectivity index (χ2v) is 11.3. The van der Waals surface area contributed by atoms with Crippen molar-refractivity contribution < 1.29 is 29.3 Å². The molecule has 0 bridgehead atoms. The lowest BCUT2D eigenvalue weighted by Gasteiger charge is -2.36. The minimum atomic E-state index is -0.436. The van der Waals surface area contributed by atoms with E-state index in [-0.39, 0.29) is 25.4 Å². The highest BCUT2D eigenvalue weighted by Gasteiger charge is 2.31. The molecule has 2 N–H and O–H groups in total. The van der Waals surface area contributed by atoms with Gasteiger partial charge in [-0.05, 0) is 78.1 Å². The average molecular weight is 459 g/mol. The molecule has 2 rings (SSSR count). The average Bonchev–Trinajstić information content (AvgIpc) is 2.65. The number of aliphatic hydroxyl groups is 2. The third kappa shape index (κ3) is 9.94. The van der Waals surface area contributed by atoms with E-state index in [1.54, 1.807) is 9.80 Å². The van der Waals surface area contributed by atoms with E-state index in [1.165, 1.54) is 0 Å². The zero-order valence-electron chi connectivity index (χ0n) is 21.4. The summed E-state index contributed by atoms with van der Waals surface area (Å²) in [7, 11) is 0. The molecule has 2 amide bonds. The van der Waals surface area contributed by atoms with Crippen molar-refractivity contribution in [2.24, 2.45) is 23.7 Å². The molecule has 0 radical (unpaired) electrons. The quantitative estimate of drug-likeness (QED) is 0.654. The summed E-state index contributed by atoms with van der Waals surface area (Å²) in [5.74, 6) is 1.31. The Morgan fingerprint density at radius 2 is 1.06 bits per heavy atom. The Balaban J connectivity index is 0.000000320. The number of aliphatic hydroxyl groups excluding tert-OH is 2. The van der Waals surface area contributed by atoms with Crippen LogP contribution in [0.5, 0.6) is 0 Å². The Hall–Kier alpha value is -1.54. The summed E-state index contributed by atoms with van der Waals surface area (Å²) in [6.07, 6.45) is 1.24. The van der Waals surface area contributed by atoms with Crippen LogP contribution in [0.1, 0.15) is 68.2 Å². The molecule has 2 aliphatic heterocycles. The first-order chi connectivity index (χ1) is 14.7. The van der Waals surface area contributed by atoms with Crippen molar-refractivity contribution in [3.8, 4) is 0 Å². The molecule has 0 saturated carbocycles. The van der Waals surface area contributed by atoms with Crippen LogP contribution in [0.2, 0.25) is 0 Å². The van der Waals surface area contributed by atoms with Crippen LogP contribution >= 0.6 is 0 Å². The minimum absolute atomic E-state index is 0.212. The van der Waals surface area contributed by atoms with E-state index in [9.17, 15) is 9.59 Å². The topological polar surface area (TPSA) is 99.5 Å². The highest BCUT2D eigenvalue weighted by molar-refractivity contribution is 5.68. The standard InChI is InChI=1S/2C12H23NO3/c2*1-9-7-13(6-5-10(9)8-14)11(15)16-12(2,3)4/h2*9-10,14H,5-8H2,1-4H3/t2*9-,10+/m10/s1. The van der Waals surface area contributed by atoms with Crippen LogP contribution < -0.4 is 0 Å². The number of amides is 2. The number of ether oxygens (including phenoxy) is 2. The van der Waals surface area contributed by atoms with Gasteiger partial charge in [0.2, 0.25) is 0 Å². The maximum atomic E-state index is 11.8. The van der Waals surface area contributed by atoms with E-state index in [4.69, 9.17) is 19.7 Å². The molecule has 0 aliphatic carbocycles. The summed E-state index contributed by atoms with van der Waals surface area (Å²) >= 11 is 0. The third-order valence-corrected chi connectivity index (χ3v) is 5.94. The molecule has 2 heterocycles. The first-order valence-electron chi connectivity index (χ1n) is 11.8. The fourth-order valence-electron chi connectivity index (χ4n) is 3.92. The maximum absolute atomic E-state index is 11.8. The van der Waals surface area contributed by atoms with Gasteiger partial charge in [-0.2, -0.15) is 0 Å². The molecular formula is C24H46N2O6. The second kappa shape index (κ2) is 12.1. The normalized spacial score (nSPS) is 26.7. The van der Waals surface area contributed by atoms with Gasteiger partial charge in [0.05, 0.1) is 0 Å². The first-order valence-corrected chi connectivity index (χ1v) is 11.8. The van der Waals surface area contributed by atoms with E-state index in [0.29, 0.717) is 49.9 Å². The van der Waals surface area contributed by atoms with Gasteiger partial charge in [0, 0.05) is 39.4 Å². The van der Waals surface area contributed by atoms with Crippen molar-refractivity contribution in [2.45, 2.75) is 79.4 Å². The minimum Gasteiger partial charge on any atom is -0.444 e. The van der Waals surface area contributed by atoms with Crippen LogP contribution in [-0.2, 0) is 9.47 Å². The Labute approximate surface area is 194 Å². The van der Waals surface area contributed by atoms with Gasteiger partial charge < -0.3 is 29.5 Å². The zero-order valence-corrected chi connectivity index (χ0v) is 21.4. The summed E-state index contributed by atoms with van der Waals surface area (Å²) in [5.41, 5.74) is -0.873. The molecule has 0 aromatic rings. The fraction of sp³-hybridized carbons (Fsp3) is 0.917. The predicted molar refractivity (Wildman–Crippen MR) is 124 cm³/mol. The van der Waals surface area contributed by atoms with E-state index in [0.717, 1.165) is 12.8 Å². The number of carbonyl (C=O) groups excluding carboxylic acids is 2. The van der Waals surface area contributed by atoms with Crippen molar-refractivity contribution in [2.75, 3.05) is 39.4 Å².